The first-order valence-corrected chi connectivity index (χ1v) is 9.88. The monoisotopic (exact) mass is 401 g/mol. The fourth-order valence-corrected chi connectivity index (χ4v) is 3.91. The third-order valence-corrected chi connectivity index (χ3v) is 5.43. The number of carbonyl (C=O) groups is 1. The van der Waals surface area contributed by atoms with Gasteiger partial charge in [0.2, 0.25) is 5.91 Å². The molecule has 0 saturated carbocycles. The van der Waals surface area contributed by atoms with Crippen molar-refractivity contribution in [2.75, 3.05) is 25.0 Å². The smallest absolute Gasteiger partial charge is 0.298 e. The minimum atomic E-state index is 0.153. The molecule has 148 valence electrons. The fraction of sp³-hybridized carbons (Fsp3) is 0.450. The number of nitrogens with zero attached hydrogens (tertiary/aromatic N) is 5. The van der Waals surface area contributed by atoms with Crippen LogP contribution in [0.4, 0.5) is 6.01 Å². The van der Waals surface area contributed by atoms with Crippen LogP contribution in [0.1, 0.15) is 24.8 Å². The average Bonchev–Trinajstić information content (AvgIpc) is 3.27. The lowest BCUT2D eigenvalue weighted by Gasteiger charge is -2.32. The lowest BCUT2D eigenvalue weighted by molar-refractivity contribution is -0.131. The molecular weight excluding hydrogens is 378 g/mol. The number of oxazole rings is 1. The Balaban J connectivity index is 1.38. The van der Waals surface area contributed by atoms with E-state index in [4.69, 9.17) is 16.0 Å². The zero-order valence-electron chi connectivity index (χ0n) is 16.1. The Bertz CT molecular complexity index is 982. The van der Waals surface area contributed by atoms with Gasteiger partial charge >= 0.3 is 0 Å². The molecule has 28 heavy (non-hydrogen) atoms. The Kier molecular flexibility index (Phi) is 5.26. The normalized spacial score (nSPS) is 17.2. The van der Waals surface area contributed by atoms with Gasteiger partial charge in [-0.15, -0.1) is 0 Å². The molecule has 1 fully saturated rings. The predicted octanol–water partition coefficient (Wildman–Crippen LogP) is 3.48. The predicted molar refractivity (Wildman–Crippen MR) is 108 cm³/mol. The maximum atomic E-state index is 12.7. The fourth-order valence-electron chi connectivity index (χ4n) is 3.75. The van der Waals surface area contributed by atoms with E-state index in [-0.39, 0.29) is 11.8 Å². The quantitative estimate of drug-likeness (QED) is 0.654. The third kappa shape index (κ3) is 4.14. The molecule has 0 aliphatic carbocycles. The summed E-state index contributed by atoms with van der Waals surface area (Å²) < 4.78 is 7.65. The molecule has 1 aliphatic rings. The number of rotatable bonds is 5. The van der Waals surface area contributed by atoms with E-state index in [2.05, 4.69) is 15.0 Å². The second-order valence-electron chi connectivity index (χ2n) is 7.54. The molecule has 1 unspecified atom stereocenters. The lowest BCUT2D eigenvalue weighted by atomic mass is 9.94. The molecule has 8 heteroatoms. The molecule has 1 atom stereocenters. The first kappa shape index (κ1) is 18.8. The highest BCUT2D eigenvalue weighted by Crippen LogP contribution is 2.29. The minimum absolute atomic E-state index is 0.153. The molecule has 1 amide bonds. The van der Waals surface area contributed by atoms with E-state index >= 15 is 0 Å². The van der Waals surface area contributed by atoms with Gasteiger partial charge in [-0.2, -0.15) is 10.1 Å². The minimum Gasteiger partial charge on any atom is -0.423 e. The zero-order chi connectivity index (χ0) is 19.7. The summed E-state index contributed by atoms with van der Waals surface area (Å²) in [6.45, 7) is 2.23. The number of aryl methyl sites for hydroxylation is 1. The van der Waals surface area contributed by atoms with E-state index in [1.807, 2.05) is 32.4 Å². The van der Waals surface area contributed by atoms with Crippen LogP contribution in [0.25, 0.3) is 11.1 Å². The SMILES string of the molecule is CN(Cc1cnn(C)c1)C(=O)CC1CCCN(c2nc3ccc(Cl)cc3o2)C1. The number of hydrogen-bond acceptors (Lipinski definition) is 5. The number of halogens is 1. The summed E-state index contributed by atoms with van der Waals surface area (Å²) in [6.07, 6.45) is 6.31. The van der Waals surface area contributed by atoms with Gasteiger partial charge in [-0.3, -0.25) is 9.48 Å². The molecule has 3 heterocycles. The second kappa shape index (κ2) is 7.83. The van der Waals surface area contributed by atoms with Crippen LogP contribution in [-0.2, 0) is 18.4 Å². The first-order valence-electron chi connectivity index (χ1n) is 9.50. The van der Waals surface area contributed by atoms with Crippen molar-refractivity contribution >= 4 is 34.6 Å². The van der Waals surface area contributed by atoms with Crippen molar-refractivity contribution in [1.82, 2.24) is 19.7 Å². The maximum absolute atomic E-state index is 12.7. The van der Waals surface area contributed by atoms with Crippen LogP contribution in [0, 0.1) is 5.92 Å². The number of anilines is 1. The van der Waals surface area contributed by atoms with Gasteiger partial charge in [0.1, 0.15) is 5.52 Å². The van der Waals surface area contributed by atoms with Gasteiger partial charge in [0, 0.05) is 63.0 Å². The molecule has 7 nitrogen and oxygen atoms in total. The van der Waals surface area contributed by atoms with Crippen LogP contribution in [0.5, 0.6) is 0 Å². The Labute approximate surface area is 168 Å². The van der Waals surface area contributed by atoms with Gasteiger partial charge in [-0.25, -0.2) is 0 Å². The highest BCUT2D eigenvalue weighted by atomic mass is 35.5. The number of piperidine rings is 1. The van der Waals surface area contributed by atoms with E-state index < -0.39 is 0 Å². The molecule has 4 rings (SSSR count). The second-order valence-corrected chi connectivity index (χ2v) is 7.98. The lowest BCUT2D eigenvalue weighted by Crippen LogP contribution is -2.38. The van der Waals surface area contributed by atoms with Crippen LogP contribution >= 0.6 is 11.6 Å². The Morgan fingerprint density at radius 1 is 1.43 bits per heavy atom. The van der Waals surface area contributed by atoms with E-state index in [0.29, 0.717) is 29.6 Å². The van der Waals surface area contributed by atoms with Gasteiger partial charge in [0.05, 0.1) is 6.20 Å². The maximum Gasteiger partial charge on any atom is 0.298 e. The van der Waals surface area contributed by atoms with Crippen molar-refractivity contribution in [2.45, 2.75) is 25.8 Å². The molecule has 0 spiro atoms. The number of benzene rings is 1. The molecule has 1 aliphatic heterocycles. The number of amides is 1. The van der Waals surface area contributed by atoms with Gasteiger partial charge in [0.15, 0.2) is 5.58 Å². The summed E-state index contributed by atoms with van der Waals surface area (Å²) in [6, 6.07) is 6.07. The van der Waals surface area contributed by atoms with Crippen molar-refractivity contribution in [3.8, 4) is 0 Å². The van der Waals surface area contributed by atoms with Gasteiger partial charge in [-0.05, 0) is 30.9 Å². The van der Waals surface area contributed by atoms with E-state index in [9.17, 15) is 4.79 Å². The van der Waals surface area contributed by atoms with Crippen molar-refractivity contribution in [3.05, 3.63) is 41.2 Å². The van der Waals surface area contributed by atoms with Crippen molar-refractivity contribution in [1.29, 1.82) is 0 Å². The summed E-state index contributed by atoms with van der Waals surface area (Å²) in [5.41, 5.74) is 2.53. The summed E-state index contributed by atoms with van der Waals surface area (Å²) in [5.74, 6) is 0.441. The molecule has 3 aromatic rings. The summed E-state index contributed by atoms with van der Waals surface area (Å²) in [4.78, 5) is 21.2. The van der Waals surface area contributed by atoms with Crippen LogP contribution in [0.2, 0.25) is 5.02 Å². The largest absolute Gasteiger partial charge is 0.423 e. The number of hydrogen-bond donors (Lipinski definition) is 0. The van der Waals surface area contributed by atoms with E-state index in [1.54, 1.807) is 21.8 Å². The van der Waals surface area contributed by atoms with Crippen molar-refractivity contribution in [3.63, 3.8) is 0 Å². The molecule has 1 aromatic carbocycles. The Morgan fingerprint density at radius 2 is 2.29 bits per heavy atom. The summed E-state index contributed by atoms with van der Waals surface area (Å²) in [7, 11) is 3.72. The Morgan fingerprint density at radius 3 is 3.07 bits per heavy atom. The molecule has 2 aromatic heterocycles. The van der Waals surface area contributed by atoms with Crippen molar-refractivity contribution < 1.29 is 9.21 Å². The molecule has 0 N–H and O–H groups in total. The summed E-state index contributed by atoms with van der Waals surface area (Å²) in [5, 5.41) is 4.79. The van der Waals surface area contributed by atoms with E-state index in [0.717, 1.165) is 37.0 Å². The number of fused-ring (bicyclic) bond motifs is 1. The number of carbonyl (C=O) groups excluding carboxylic acids is 1. The van der Waals surface area contributed by atoms with Gasteiger partial charge < -0.3 is 14.2 Å². The van der Waals surface area contributed by atoms with E-state index in [1.165, 1.54) is 0 Å². The average molecular weight is 402 g/mol. The Hall–Kier alpha value is -2.54. The zero-order valence-corrected chi connectivity index (χ0v) is 16.9. The van der Waals surface area contributed by atoms with Crippen LogP contribution in [0.3, 0.4) is 0 Å². The van der Waals surface area contributed by atoms with Crippen LogP contribution < -0.4 is 4.90 Å². The number of aromatic nitrogens is 3. The molecule has 1 saturated heterocycles. The molecule has 0 bridgehead atoms. The first-order chi connectivity index (χ1) is 13.5. The summed E-state index contributed by atoms with van der Waals surface area (Å²) >= 11 is 6.03. The van der Waals surface area contributed by atoms with Crippen LogP contribution in [-0.4, -0.2) is 45.7 Å². The molecule has 0 radical (unpaired) electrons. The highest BCUT2D eigenvalue weighted by Gasteiger charge is 2.26. The highest BCUT2D eigenvalue weighted by molar-refractivity contribution is 6.31. The standard InChI is InChI=1S/C20H24ClN5O2/c1-24(11-15-10-22-25(2)12-15)19(27)8-14-4-3-7-26(13-14)20-23-17-6-5-16(21)9-18(17)28-20/h5-6,9-10,12,14H,3-4,7-8,11,13H2,1-2H3. The third-order valence-electron chi connectivity index (χ3n) is 5.20. The van der Waals surface area contributed by atoms with Gasteiger partial charge in [-0.1, -0.05) is 11.6 Å². The van der Waals surface area contributed by atoms with Crippen molar-refractivity contribution in [2.24, 2.45) is 13.0 Å². The molecular formula is C20H24ClN5O2. The topological polar surface area (TPSA) is 67.4 Å². The van der Waals surface area contributed by atoms with Gasteiger partial charge in [0.25, 0.3) is 6.01 Å². The van der Waals surface area contributed by atoms with Crippen LogP contribution in [0.15, 0.2) is 35.0 Å².